The summed E-state index contributed by atoms with van der Waals surface area (Å²) in [4.78, 5) is 11.8. The lowest BCUT2D eigenvalue weighted by Crippen LogP contribution is -2.49. The Morgan fingerprint density at radius 2 is 1.40 bits per heavy atom. The topological polar surface area (TPSA) is 60.4 Å². The van der Waals surface area contributed by atoms with Gasteiger partial charge in [0.15, 0.2) is 14.6 Å². The molecule has 0 saturated heterocycles. The standard InChI is InChI=1S/C12H16F8O4S/c1-3-24-8(21)9(2,4-5-10(13,14)12(18,19)20)25(22,23)7-6-11(15,16)17/h3-7H2,1-2H3. The quantitative estimate of drug-likeness (QED) is 0.455. The van der Waals surface area contributed by atoms with Gasteiger partial charge < -0.3 is 4.74 Å². The molecule has 4 nitrogen and oxygen atoms in total. The molecular formula is C12H16F8O4S. The molecule has 0 amide bonds. The predicted octanol–water partition coefficient (Wildman–Crippen LogP) is 3.65. The molecule has 1 atom stereocenters. The van der Waals surface area contributed by atoms with E-state index in [1.54, 1.807) is 0 Å². The third kappa shape index (κ3) is 6.26. The zero-order valence-corrected chi connectivity index (χ0v) is 13.9. The highest BCUT2D eigenvalue weighted by Gasteiger charge is 2.59. The number of rotatable bonds is 8. The Morgan fingerprint density at radius 3 is 1.76 bits per heavy atom. The molecule has 0 aromatic carbocycles. The summed E-state index contributed by atoms with van der Waals surface area (Å²) in [5.74, 6) is -8.65. The van der Waals surface area contributed by atoms with Gasteiger partial charge >= 0.3 is 24.2 Å². The minimum Gasteiger partial charge on any atom is -0.465 e. The number of ether oxygens (including phenoxy) is 1. The van der Waals surface area contributed by atoms with Crippen LogP contribution in [0.3, 0.4) is 0 Å². The highest BCUT2D eigenvalue weighted by atomic mass is 32.2. The Labute approximate surface area is 138 Å². The summed E-state index contributed by atoms with van der Waals surface area (Å²) in [7, 11) is -5.04. The molecule has 0 heterocycles. The van der Waals surface area contributed by atoms with Crippen LogP contribution >= 0.6 is 0 Å². The van der Waals surface area contributed by atoms with Gasteiger partial charge in [0.2, 0.25) is 0 Å². The van der Waals surface area contributed by atoms with Gasteiger partial charge in [-0.15, -0.1) is 0 Å². The Kier molecular flexibility index (Phi) is 7.27. The third-order valence-corrected chi connectivity index (χ3v) is 5.86. The molecule has 0 N–H and O–H groups in total. The van der Waals surface area contributed by atoms with Gasteiger partial charge in [0, 0.05) is 6.42 Å². The lowest BCUT2D eigenvalue weighted by molar-refractivity contribution is -0.285. The first-order chi connectivity index (χ1) is 10.9. The van der Waals surface area contributed by atoms with Crippen molar-refractivity contribution < 1.29 is 53.1 Å². The third-order valence-electron chi connectivity index (χ3n) is 3.38. The largest absolute Gasteiger partial charge is 0.465 e. The van der Waals surface area contributed by atoms with Crippen LogP contribution < -0.4 is 0 Å². The van der Waals surface area contributed by atoms with E-state index in [2.05, 4.69) is 4.74 Å². The van der Waals surface area contributed by atoms with E-state index in [0.29, 0.717) is 6.92 Å². The minimum absolute atomic E-state index is 0.446. The van der Waals surface area contributed by atoms with Gasteiger partial charge in [-0.2, -0.15) is 35.1 Å². The zero-order chi connectivity index (χ0) is 20.3. The van der Waals surface area contributed by atoms with Crippen LogP contribution in [-0.4, -0.2) is 49.8 Å². The molecular weight excluding hydrogens is 392 g/mol. The first kappa shape index (κ1) is 23.9. The molecule has 0 rings (SSSR count). The molecule has 0 aromatic rings. The Morgan fingerprint density at radius 1 is 0.920 bits per heavy atom. The minimum atomic E-state index is -6.00. The number of sulfone groups is 1. The summed E-state index contributed by atoms with van der Waals surface area (Å²) in [5.41, 5.74) is 0. The van der Waals surface area contributed by atoms with E-state index in [-0.39, 0.29) is 0 Å². The second-order valence-electron chi connectivity index (χ2n) is 5.34. The molecule has 0 fully saturated rings. The van der Waals surface area contributed by atoms with E-state index in [1.807, 2.05) is 0 Å². The molecule has 150 valence electrons. The first-order valence-electron chi connectivity index (χ1n) is 6.80. The average molecular weight is 408 g/mol. The summed E-state index contributed by atoms with van der Waals surface area (Å²) < 4.78 is 125. The fourth-order valence-corrected chi connectivity index (χ4v) is 3.36. The van der Waals surface area contributed by atoms with E-state index >= 15 is 0 Å². The molecule has 0 aliphatic rings. The molecule has 0 saturated carbocycles. The number of alkyl halides is 8. The van der Waals surface area contributed by atoms with Gasteiger partial charge in [-0.05, 0) is 20.3 Å². The molecule has 0 aliphatic heterocycles. The summed E-state index contributed by atoms with van der Waals surface area (Å²) in [6.07, 6.45) is -16.5. The van der Waals surface area contributed by atoms with Gasteiger partial charge in [-0.3, -0.25) is 4.79 Å². The molecule has 0 spiro atoms. The Bertz CT molecular complexity index is 567. The van der Waals surface area contributed by atoms with Gasteiger partial charge in [-0.1, -0.05) is 0 Å². The van der Waals surface area contributed by atoms with Crippen molar-refractivity contribution in [3.05, 3.63) is 0 Å². The molecule has 13 heteroatoms. The molecule has 25 heavy (non-hydrogen) atoms. The Hall–Kier alpha value is -1.14. The van der Waals surface area contributed by atoms with Crippen molar-refractivity contribution in [3.8, 4) is 0 Å². The van der Waals surface area contributed by atoms with E-state index in [0.717, 1.165) is 0 Å². The Balaban J connectivity index is 5.64. The smallest absolute Gasteiger partial charge is 0.453 e. The monoisotopic (exact) mass is 408 g/mol. The average Bonchev–Trinajstić information content (AvgIpc) is 2.41. The summed E-state index contributed by atoms with van der Waals surface area (Å²) in [5, 5.41) is 0. The number of esters is 1. The summed E-state index contributed by atoms with van der Waals surface area (Å²) in [6, 6.07) is 0. The lowest BCUT2D eigenvalue weighted by Gasteiger charge is -2.29. The van der Waals surface area contributed by atoms with Crippen LogP contribution in [-0.2, 0) is 19.4 Å². The first-order valence-corrected chi connectivity index (χ1v) is 8.45. The number of carbonyl (C=O) groups excluding carboxylic acids is 1. The van der Waals surface area contributed by atoms with Crippen LogP contribution in [0.4, 0.5) is 35.1 Å². The number of halogens is 8. The van der Waals surface area contributed by atoms with Crippen LogP contribution in [0.25, 0.3) is 0 Å². The van der Waals surface area contributed by atoms with Crippen LogP contribution in [0, 0.1) is 0 Å². The fraction of sp³-hybridized carbons (Fsp3) is 0.917. The maximum atomic E-state index is 13.0. The van der Waals surface area contributed by atoms with Gasteiger partial charge in [0.25, 0.3) is 0 Å². The van der Waals surface area contributed by atoms with Crippen LogP contribution in [0.15, 0.2) is 0 Å². The number of hydrogen-bond donors (Lipinski definition) is 0. The van der Waals surface area contributed by atoms with E-state index in [4.69, 9.17) is 0 Å². The van der Waals surface area contributed by atoms with Crippen molar-refractivity contribution in [2.45, 2.75) is 56.1 Å². The van der Waals surface area contributed by atoms with Crippen molar-refractivity contribution in [2.75, 3.05) is 12.4 Å². The van der Waals surface area contributed by atoms with E-state index in [1.165, 1.54) is 6.92 Å². The summed E-state index contributed by atoms with van der Waals surface area (Å²) in [6.45, 7) is 1.23. The second kappa shape index (κ2) is 7.62. The van der Waals surface area contributed by atoms with Crippen LogP contribution in [0.5, 0.6) is 0 Å². The van der Waals surface area contributed by atoms with Crippen molar-refractivity contribution in [2.24, 2.45) is 0 Å². The SMILES string of the molecule is CCOC(=O)C(C)(CCC(F)(F)C(F)(F)F)S(=O)(=O)CCC(F)(F)F. The van der Waals surface area contributed by atoms with Crippen molar-refractivity contribution >= 4 is 15.8 Å². The van der Waals surface area contributed by atoms with Crippen molar-refractivity contribution in [1.29, 1.82) is 0 Å². The van der Waals surface area contributed by atoms with Crippen molar-refractivity contribution in [1.82, 2.24) is 0 Å². The maximum Gasteiger partial charge on any atom is 0.453 e. The van der Waals surface area contributed by atoms with E-state index < -0.39 is 70.5 Å². The van der Waals surface area contributed by atoms with Crippen molar-refractivity contribution in [3.63, 3.8) is 0 Å². The molecule has 0 radical (unpaired) electrons. The van der Waals surface area contributed by atoms with Gasteiger partial charge in [-0.25, -0.2) is 8.42 Å². The molecule has 0 aliphatic carbocycles. The molecule has 0 bridgehead atoms. The fourth-order valence-electron chi connectivity index (χ4n) is 1.68. The number of hydrogen-bond acceptors (Lipinski definition) is 4. The summed E-state index contributed by atoms with van der Waals surface area (Å²) >= 11 is 0. The van der Waals surface area contributed by atoms with Crippen LogP contribution in [0.1, 0.15) is 33.1 Å². The lowest BCUT2D eigenvalue weighted by atomic mass is 10.0. The zero-order valence-electron chi connectivity index (χ0n) is 13.1. The highest BCUT2D eigenvalue weighted by molar-refractivity contribution is 7.93. The second-order valence-corrected chi connectivity index (χ2v) is 7.88. The predicted molar refractivity (Wildman–Crippen MR) is 69.7 cm³/mol. The van der Waals surface area contributed by atoms with Gasteiger partial charge in [0.05, 0.1) is 18.8 Å². The maximum absolute atomic E-state index is 13.0. The molecule has 0 aromatic heterocycles. The number of carbonyl (C=O) groups is 1. The van der Waals surface area contributed by atoms with Gasteiger partial charge in [0.1, 0.15) is 0 Å². The van der Waals surface area contributed by atoms with E-state index in [9.17, 15) is 48.3 Å². The normalized spacial score (nSPS) is 16.4. The molecule has 1 unspecified atom stereocenters. The van der Waals surface area contributed by atoms with Crippen LogP contribution in [0.2, 0.25) is 0 Å². The highest BCUT2D eigenvalue weighted by Crippen LogP contribution is 2.41.